The summed E-state index contributed by atoms with van der Waals surface area (Å²) in [6.45, 7) is 5.06. The van der Waals surface area contributed by atoms with E-state index in [0.717, 1.165) is 21.4 Å². The van der Waals surface area contributed by atoms with Gasteiger partial charge in [0.25, 0.3) is 0 Å². The topological polar surface area (TPSA) is 117 Å². The first-order chi connectivity index (χ1) is 15.0. The molecule has 3 N–H and O–H groups in total. The van der Waals surface area contributed by atoms with Crippen molar-refractivity contribution in [2.24, 2.45) is 0 Å². The number of aliphatic hydroxyl groups is 2. The molecule has 32 heavy (non-hydrogen) atoms. The van der Waals surface area contributed by atoms with E-state index in [-0.39, 0.29) is 23.5 Å². The zero-order valence-electron chi connectivity index (χ0n) is 18.0. The van der Waals surface area contributed by atoms with E-state index in [9.17, 15) is 24.6 Å². The van der Waals surface area contributed by atoms with Crippen LogP contribution in [0.4, 0.5) is 0 Å². The lowest BCUT2D eigenvalue weighted by molar-refractivity contribution is -0.132. The molecule has 1 spiro atoms. The zero-order chi connectivity index (χ0) is 23.5. The predicted octanol–water partition coefficient (Wildman–Crippen LogP) is 3.36. The molecule has 0 saturated carbocycles. The second kappa shape index (κ2) is 10.0. The summed E-state index contributed by atoms with van der Waals surface area (Å²) in [4.78, 5) is 42.0. The molecule has 1 fully saturated rings. The fourth-order valence-electron chi connectivity index (χ4n) is 3.47. The van der Waals surface area contributed by atoms with Crippen LogP contribution in [0.5, 0.6) is 0 Å². The molecule has 0 unspecified atom stereocenters. The van der Waals surface area contributed by atoms with Gasteiger partial charge in [0.15, 0.2) is 5.78 Å². The molecule has 1 amide bonds. The lowest BCUT2D eigenvalue weighted by atomic mass is 9.81. The van der Waals surface area contributed by atoms with Crippen molar-refractivity contribution >= 4 is 55.8 Å². The van der Waals surface area contributed by atoms with Gasteiger partial charge >= 0.3 is 0 Å². The van der Waals surface area contributed by atoms with E-state index in [2.05, 4.69) is 10.3 Å². The van der Waals surface area contributed by atoms with Gasteiger partial charge in [-0.1, -0.05) is 28.5 Å². The Hall–Kier alpha value is -1.72. The molecule has 10 heteroatoms. The lowest BCUT2D eigenvalue weighted by Gasteiger charge is -2.36. The van der Waals surface area contributed by atoms with Crippen LogP contribution in [0.1, 0.15) is 56.8 Å². The number of nitrogens with one attached hydrogen (secondary N) is 1. The molecule has 0 aliphatic carbocycles. The molecule has 3 heterocycles. The van der Waals surface area contributed by atoms with Crippen LogP contribution in [0.15, 0.2) is 35.3 Å². The number of fused-ring (bicyclic) bond motifs is 2. The van der Waals surface area contributed by atoms with Gasteiger partial charge < -0.3 is 15.5 Å². The summed E-state index contributed by atoms with van der Waals surface area (Å²) < 4.78 is -1.04. The largest absolute Gasteiger partial charge is 0.381 e. The van der Waals surface area contributed by atoms with Crippen LogP contribution in [0, 0.1) is 0 Å². The summed E-state index contributed by atoms with van der Waals surface area (Å²) >= 11 is 1.40. The lowest BCUT2D eigenvalue weighted by Crippen LogP contribution is -2.52. The van der Waals surface area contributed by atoms with Crippen molar-refractivity contribution in [2.75, 3.05) is 0 Å². The van der Waals surface area contributed by atoms with Gasteiger partial charge in [0.2, 0.25) is 11.0 Å². The molecule has 1 aromatic heterocycles. The molecule has 2 aliphatic heterocycles. The van der Waals surface area contributed by atoms with Gasteiger partial charge in [0.05, 0.1) is 16.5 Å². The molecule has 7 nitrogen and oxygen atoms in total. The Kier molecular flexibility index (Phi) is 7.82. The van der Waals surface area contributed by atoms with Crippen LogP contribution in [-0.2, 0) is 14.4 Å². The zero-order valence-corrected chi connectivity index (χ0v) is 20.5. The highest BCUT2D eigenvalue weighted by atomic mass is 33.1. The Bertz CT molecular complexity index is 997. The summed E-state index contributed by atoms with van der Waals surface area (Å²) in [6, 6.07) is -0.334. The standard InChI is InChI=1S/C22H26N2O5S3/c1-13-8-9-22(21(3,29)20(28)31-32-22)11-18(27)23-14(2)19-24-15(12-30-19)6-4-5-7-16(25)17(26)10-13/h4-7,10,12,14,17,26,29H,8-9,11H2,1-3H3,(H,23,27)/b6-4-,7-5+,13-10+/t14-,17-,21+,22-/m1/s1. The Labute approximate surface area is 198 Å². The van der Waals surface area contributed by atoms with E-state index in [4.69, 9.17) is 0 Å². The minimum Gasteiger partial charge on any atom is -0.381 e. The molecular weight excluding hydrogens is 468 g/mol. The molecule has 1 aromatic rings. The normalized spacial score (nSPS) is 36.2. The monoisotopic (exact) mass is 494 g/mol. The van der Waals surface area contributed by atoms with Gasteiger partial charge in [-0.05, 0) is 62.6 Å². The second-order valence-electron chi connectivity index (χ2n) is 8.18. The van der Waals surface area contributed by atoms with Gasteiger partial charge in [-0.15, -0.1) is 11.3 Å². The van der Waals surface area contributed by atoms with Crippen LogP contribution < -0.4 is 5.32 Å². The second-order valence-corrected chi connectivity index (χ2v) is 11.6. The Balaban J connectivity index is 1.94. The van der Waals surface area contributed by atoms with E-state index in [1.807, 2.05) is 12.3 Å². The molecule has 2 aliphatic rings. The summed E-state index contributed by atoms with van der Waals surface area (Å²) in [5, 5.41) is 26.3. The summed E-state index contributed by atoms with van der Waals surface area (Å²) in [7, 11) is 2.17. The van der Waals surface area contributed by atoms with E-state index in [1.54, 1.807) is 25.2 Å². The van der Waals surface area contributed by atoms with Gasteiger partial charge in [0.1, 0.15) is 16.7 Å². The number of nitrogens with zero attached hydrogens (tertiary/aromatic N) is 1. The first kappa shape index (κ1) is 24.9. The molecule has 3 rings (SSSR count). The molecule has 172 valence electrons. The maximum absolute atomic E-state index is 12.9. The van der Waals surface area contributed by atoms with Crippen molar-refractivity contribution in [3.05, 3.63) is 46.0 Å². The smallest absolute Gasteiger partial charge is 0.232 e. The van der Waals surface area contributed by atoms with Gasteiger partial charge in [-0.2, -0.15) is 0 Å². The summed E-state index contributed by atoms with van der Waals surface area (Å²) in [6.07, 6.45) is 7.11. The van der Waals surface area contributed by atoms with Crippen molar-refractivity contribution < 1.29 is 24.6 Å². The maximum atomic E-state index is 12.9. The van der Waals surface area contributed by atoms with Crippen molar-refractivity contribution in [1.29, 1.82) is 0 Å². The highest BCUT2D eigenvalue weighted by Crippen LogP contribution is 2.58. The maximum Gasteiger partial charge on any atom is 0.232 e. The number of aromatic nitrogens is 1. The summed E-state index contributed by atoms with van der Waals surface area (Å²) in [5.41, 5.74) is -0.271. The van der Waals surface area contributed by atoms with E-state index in [0.29, 0.717) is 18.5 Å². The fourth-order valence-corrected chi connectivity index (χ4v) is 7.66. The SMILES string of the molecule is C/C1=C\[C@@H](O)C(=O)/C=C/C=C\c2csc(n2)[C@@H](C)NC(=O)C[C@@]2(CC1)SSC(=O)[C@]2(C)O. The minimum absolute atomic E-state index is 0.0522. The average Bonchev–Trinajstić information content (AvgIpc) is 3.28. The van der Waals surface area contributed by atoms with Crippen LogP contribution in [0.3, 0.4) is 0 Å². The quantitative estimate of drug-likeness (QED) is 0.371. The molecule has 4 atom stereocenters. The van der Waals surface area contributed by atoms with Crippen LogP contribution >= 0.6 is 32.9 Å². The number of hydrogen-bond acceptors (Lipinski definition) is 9. The number of carbonyl (C=O) groups excluding carboxylic acids is 3. The Morgan fingerprint density at radius 2 is 1.94 bits per heavy atom. The van der Waals surface area contributed by atoms with E-state index < -0.39 is 22.2 Å². The van der Waals surface area contributed by atoms with E-state index in [1.165, 1.54) is 41.2 Å². The van der Waals surface area contributed by atoms with Crippen molar-refractivity contribution in [1.82, 2.24) is 10.3 Å². The van der Waals surface area contributed by atoms with Crippen molar-refractivity contribution in [2.45, 2.75) is 62.5 Å². The molecule has 2 bridgehead atoms. The highest BCUT2D eigenvalue weighted by molar-refractivity contribution is 8.83. The highest BCUT2D eigenvalue weighted by Gasteiger charge is 2.59. The van der Waals surface area contributed by atoms with E-state index >= 15 is 0 Å². The van der Waals surface area contributed by atoms with Crippen LogP contribution in [0.25, 0.3) is 6.08 Å². The van der Waals surface area contributed by atoms with Gasteiger partial charge in [0, 0.05) is 11.8 Å². The molecule has 1 saturated heterocycles. The third-order valence-electron chi connectivity index (χ3n) is 5.59. The average molecular weight is 495 g/mol. The third-order valence-corrected chi connectivity index (χ3v) is 9.99. The number of aliphatic hydroxyl groups excluding tert-OH is 1. The molecular formula is C22H26N2O5S3. The van der Waals surface area contributed by atoms with Crippen molar-refractivity contribution in [3.8, 4) is 0 Å². The number of ketones is 1. The van der Waals surface area contributed by atoms with Gasteiger partial charge in [-0.25, -0.2) is 4.98 Å². The number of carbonyl (C=O) groups is 3. The third kappa shape index (κ3) is 5.43. The first-order valence-corrected chi connectivity index (χ1v) is 13.2. The number of hydrogen-bond donors (Lipinski definition) is 3. The Morgan fingerprint density at radius 3 is 2.62 bits per heavy atom. The molecule has 0 radical (unpaired) electrons. The molecule has 0 aromatic carbocycles. The minimum atomic E-state index is -1.69. The number of rotatable bonds is 0. The number of allylic oxidation sites excluding steroid dienone is 3. The predicted molar refractivity (Wildman–Crippen MR) is 129 cm³/mol. The Morgan fingerprint density at radius 1 is 1.22 bits per heavy atom. The number of amides is 1. The van der Waals surface area contributed by atoms with Crippen LogP contribution in [-0.4, -0.2) is 48.5 Å². The fraction of sp³-hybridized carbons (Fsp3) is 0.455. The van der Waals surface area contributed by atoms with Crippen molar-refractivity contribution in [3.63, 3.8) is 0 Å². The first-order valence-electron chi connectivity index (χ1n) is 10.2. The van der Waals surface area contributed by atoms with Gasteiger partial charge in [-0.3, -0.25) is 14.4 Å². The number of thiazole rings is 1. The summed E-state index contributed by atoms with van der Waals surface area (Å²) in [5.74, 6) is -0.737. The van der Waals surface area contributed by atoms with Crippen LogP contribution in [0.2, 0.25) is 0 Å².